The van der Waals surface area contributed by atoms with E-state index in [9.17, 15) is 19.2 Å². The molecule has 6 rings (SSSR count). The smallest absolute Gasteiger partial charge is 0.248 e. The summed E-state index contributed by atoms with van der Waals surface area (Å²) in [4.78, 5) is 69.7. The maximum atomic E-state index is 14.6. The van der Waals surface area contributed by atoms with Gasteiger partial charge in [-0.05, 0) is 84.4 Å². The SMILES string of the molecule is CC(=O)c1nn(CC(=O)N2[C@H](C(=O)Nc3nc(Br)ccc3C)C[C@@]3(CNC(=O)CCOCCOCCOCCOCCOCCOCCOCCOCCOCCOCCOCCOCCOCCOCCOCCOCCOCCOCCOCCOCCOCCOCCOCCOCCN)C[C@@H]23)c2c(C)cc(-c3cnc(C)nc3)cc12. The van der Waals surface area contributed by atoms with Crippen molar-refractivity contribution in [2.75, 3.05) is 336 Å². The average molecular weight is 1760 g/mol. The largest absolute Gasteiger partial charge is 0.379 e. The van der Waals surface area contributed by atoms with E-state index in [0.29, 0.717) is 357 Å². The van der Waals surface area contributed by atoms with E-state index in [0.717, 1.165) is 22.3 Å². The molecule has 676 valence electrons. The number of Topliss-reactive ketones (excluding diaryl/α,β-unsaturated/α-hetero) is 1. The number of halogens is 1. The fourth-order valence-corrected chi connectivity index (χ4v) is 12.2. The number of nitrogens with two attached hydrogens (primary N) is 1. The van der Waals surface area contributed by atoms with Crippen LogP contribution in [0.1, 0.15) is 53.6 Å². The van der Waals surface area contributed by atoms with Gasteiger partial charge in [0, 0.05) is 61.2 Å². The molecule has 0 radical (unpaired) electrons. The molecule has 0 spiro atoms. The quantitative estimate of drug-likeness (QED) is 0.0323. The van der Waals surface area contributed by atoms with Gasteiger partial charge in [0.15, 0.2) is 5.78 Å². The third kappa shape index (κ3) is 46.1. The van der Waals surface area contributed by atoms with Crippen LogP contribution in [0.4, 0.5) is 5.82 Å². The number of hydrogen-bond donors (Lipinski definition) is 3. The van der Waals surface area contributed by atoms with Crippen LogP contribution >= 0.6 is 15.9 Å². The Morgan fingerprint density at radius 2 is 0.765 bits per heavy atom. The van der Waals surface area contributed by atoms with Crippen LogP contribution in [0.3, 0.4) is 0 Å². The highest BCUT2D eigenvalue weighted by Crippen LogP contribution is 2.59. The topological polar surface area (TPSA) is 400 Å². The van der Waals surface area contributed by atoms with Gasteiger partial charge < -0.3 is 135 Å². The van der Waals surface area contributed by atoms with Crippen molar-refractivity contribution in [2.24, 2.45) is 11.1 Å². The van der Waals surface area contributed by atoms with E-state index in [1.165, 1.54) is 6.92 Å². The summed E-state index contributed by atoms with van der Waals surface area (Å²) in [5.41, 5.74) is 8.83. The molecule has 0 bridgehead atoms. The van der Waals surface area contributed by atoms with Crippen molar-refractivity contribution < 1.29 is 133 Å². The van der Waals surface area contributed by atoms with Crippen molar-refractivity contribution >= 4 is 56.2 Å². The molecule has 4 N–H and O–H groups in total. The number of amides is 3. The molecule has 3 amide bonds. The number of likely N-dealkylation sites (tertiary alicyclic amines) is 1. The molecule has 4 aromatic rings. The Morgan fingerprint density at radius 3 is 1.09 bits per heavy atom. The Bertz CT molecular complexity index is 3290. The van der Waals surface area contributed by atoms with Gasteiger partial charge in [0.05, 0.1) is 323 Å². The van der Waals surface area contributed by atoms with Gasteiger partial charge in [0.25, 0.3) is 0 Å². The molecule has 1 saturated heterocycles. The summed E-state index contributed by atoms with van der Waals surface area (Å²) in [5.74, 6) is -0.189. The fraction of sp³-hybridized carbons (Fsp3) is 0.753. The molecular formula is C81H132BrN9O28. The van der Waals surface area contributed by atoms with Crippen molar-refractivity contribution in [3.63, 3.8) is 0 Å². The minimum Gasteiger partial charge on any atom is -0.379 e. The second-order valence-electron chi connectivity index (χ2n) is 27.2. The van der Waals surface area contributed by atoms with Crippen molar-refractivity contribution in [3.05, 3.63) is 63.9 Å². The second kappa shape index (κ2) is 67.0. The molecule has 38 heteroatoms. The highest BCUT2D eigenvalue weighted by Gasteiger charge is 2.67. The minimum atomic E-state index is -0.860. The molecule has 4 heterocycles. The summed E-state index contributed by atoms with van der Waals surface area (Å²) < 4.78 is 135. The van der Waals surface area contributed by atoms with Crippen LogP contribution in [0, 0.1) is 26.2 Å². The van der Waals surface area contributed by atoms with Crippen LogP contribution in [0.25, 0.3) is 22.0 Å². The Kier molecular flexibility index (Phi) is 57.6. The van der Waals surface area contributed by atoms with E-state index in [1.54, 1.807) is 35.0 Å². The summed E-state index contributed by atoms with van der Waals surface area (Å²) in [5, 5.41) is 11.2. The Labute approximate surface area is 708 Å². The number of carbonyl (C=O) groups excluding carboxylic acids is 4. The molecule has 2 aliphatic rings. The number of anilines is 1. The number of piperidine rings is 1. The molecule has 119 heavy (non-hydrogen) atoms. The standard InChI is InChI=1S/C81H132BrN9O28/c1-65-5-6-74(82)87-79(65)88-80(95)72-59-81(60-73(81)91(72)76(94)63-90-78-66(2)57-69(70-61-84-68(4)85-62-70)58-71(78)77(89-90)67(3)92)64-86-75(93)7-9-96-11-13-98-15-17-100-19-21-102-23-25-104-27-29-106-31-33-108-35-37-110-39-41-112-43-45-114-47-49-116-51-53-118-55-56-119-54-52-117-50-48-115-46-44-113-42-40-111-38-36-109-34-32-107-30-28-105-26-24-103-22-20-101-18-16-99-14-12-97-10-8-83/h5-6,57-58,61-62,72-73H,7-56,59-60,63-64,83H2,1-4H3,(H,86,93)(H,87,88,95)/t72-,73+,81-/m0/s1. The average Bonchev–Trinajstić information content (AvgIpc) is 1.53. The number of ether oxygens (including phenoxy) is 24. The zero-order valence-electron chi connectivity index (χ0n) is 70.4. The van der Waals surface area contributed by atoms with Crippen molar-refractivity contribution in [3.8, 4) is 11.1 Å². The van der Waals surface area contributed by atoms with Gasteiger partial charge in [0.2, 0.25) is 17.7 Å². The lowest BCUT2D eigenvalue weighted by atomic mass is 9.98. The van der Waals surface area contributed by atoms with Gasteiger partial charge in [-0.3, -0.25) is 23.9 Å². The minimum absolute atomic E-state index is 0.119. The maximum absolute atomic E-state index is 14.6. The number of pyridine rings is 1. The number of rotatable bonds is 82. The summed E-state index contributed by atoms with van der Waals surface area (Å²) in [6.07, 6.45) is 4.50. The first kappa shape index (κ1) is 102. The van der Waals surface area contributed by atoms with Crippen molar-refractivity contribution in [1.29, 1.82) is 0 Å². The number of carbonyl (C=O) groups is 4. The van der Waals surface area contributed by atoms with Crippen LogP contribution in [-0.4, -0.2) is 395 Å². The van der Waals surface area contributed by atoms with Crippen LogP contribution in [0.15, 0.2) is 41.3 Å². The fourth-order valence-electron chi connectivity index (χ4n) is 11.9. The summed E-state index contributed by atoms with van der Waals surface area (Å²) in [7, 11) is 0. The number of benzene rings is 1. The molecule has 1 aromatic carbocycles. The lowest BCUT2D eigenvalue weighted by Gasteiger charge is -2.27. The van der Waals surface area contributed by atoms with Gasteiger partial charge in [-0.2, -0.15) is 5.10 Å². The molecule has 37 nitrogen and oxygen atoms in total. The monoisotopic (exact) mass is 1760 g/mol. The molecule has 0 unspecified atom stereocenters. The van der Waals surface area contributed by atoms with E-state index in [2.05, 4.69) is 46.6 Å². The number of aryl methyl sites for hydroxylation is 3. The Hall–Kier alpha value is -5.52. The number of ketones is 1. The Morgan fingerprint density at radius 1 is 0.437 bits per heavy atom. The zero-order chi connectivity index (χ0) is 84.5. The van der Waals surface area contributed by atoms with E-state index in [1.807, 2.05) is 32.0 Å². The molecule has 1 aliphatic carbocycles. The normalized spacial score (nSPS) is 15.1. The highest BCUT2D eigenvalue weighted by atomic mass is 79.9. The van der Waals surface area contributed by atoms with Crippen molar-refractivity contribution in [2.45, 2.75) is 65.6 Å². The molecule has 1 saturated carbocycles. The first-order valence-electron chi connectivity index (χ1n) is 41.3. The van der Waals surface area contributed by atoms with E-state index >= 15 is 0 Å². The third-order valence-corrected chi connectivity index (χ3v) is 18.5. The van der Waals surface area contributed by atoms with Gasteiger partial charge in [-0.15, -0.1) is 0 Å². The number of aromatic nitrogens is 5. The van der Waals surface area contributed by atoms with Gasteiger partial charge >= 0.3 is 0 Å². The van der Waals surface area contributed by atoms with E-state index in [-0.39, 0.29) is 61.4 Å². The maximum Gasteiger partial charge on any atom is 0.248 e. The summed E-state index contributed by atoms with van der Waals surface area (Å²) in [6, 6.07) is 6.26. The second-order valence-corrected chi connectivity index (χ2v) is 28.0. The van der Waals surface area contributed by atoms with Crippen LogP contribution in [0.2, 0.25) is 0 Å². The molecule has 3 atom stereocenters. The first-order chi connectivity index (χ1) is 58.4. The highest BCUT2D eigenvalue weighted by molar-refractivity contribution is 9.10. The molecule has 1 aliphatic heterocycles. The van der Waals surface area contributed by atoms with Crippen LogP contribution in [-0.2, 0) is 135 Å². The number of nitrogens with one attached hydrogen (secondary N) is 2. The zero-order valence-corrected chi connectivity index (χ0v) is 72.0. The number of hydrogen-bond acceptors (Lipinski definition) is 33. The van der Waals surface area contributed by atoms with Crippen molar-refractivity contribution in [1.82, 2.24) is 34.9 Å². The predicted molar refractivity (Wildman–Crippen MR) is 438 cm³/mol. The third-order valence-electron chi connectivity index (χ3n) is 18.0. The van der Waals surface area contributed by atoms with Gasteiger partial charge in [0.1, 0.15) is 34.5 Å². The first-order valence-corrected chi connectivity index (χ1v) is 42.1. The molecule has 2 fully saturated rings. The van der Waals surface area contributed by atoms with Gasteiger partial charge in [-0.1, -0.05) is 6.07 Å². The number of nitrogens with zero attached hydrogens (tertiary/aromatic N) is 6. The molecular weight excluding hydrogens is 1630 g/mol. The van der Waals surface area contributed by atoms with E-state index in [4.69, 9.17) is 119 Å². The lowest BCUT2D eigenvalue weighted by molar-refractivity contribution is -0.138. The van der Waals surface area contributed by atoms with E-state index < -0.39 is 11.5 Å². The summed E-state index contributed by atoms with van der Waals surface area (Å²) in [6.45, 7) is 29.5. The predicted octanol–water partition coefficient (Wildman–Crippen LogP) is 3.64. The number of fused-ring (bicyclic) bond motifs is 2. The van der Waals surface area contributed by atoms with Crippen LogP contribution < -0.4 is 16.4 Å². The molecule has 3 aromatic heterocycles. The van der Waals surface area contributed by atoms with Gasteiger partial charge in [-0.25, -0.2) is 15.0 Å². The van der Waals surface area contributed by atoms with Crippen LogP contribution in [0.5, 0.6) is 0 Å². The lowest BCUT2D eigenvalue weighted by Crippen LogP contribution is -2.47. The Balaban J connectivity index is 0.597. The summed E-state index contributed by atoms with van der Waals surface area (Å²) >= 11 is 3.39.